The van der Waals surface area contributed by atoms with Gasteiger partial charge in [0.2, 0.25) is 0 Å². The van der Waals surface area contributed by atoms with Gasteiger partial charge in [-0.1, -0.05) is 13.8 Å². The van der Waals surface area contributed by atoms with Crippen LogP contribution in [0.15, 0.2) is 0 Å². The summed E-state index contributed by atoms with van der Waals surface area (Å²) < 4.78 is 0. The van der Waals surface area contributed by atoms with Crippen LogP contribution in [0.1, 0.15) is 58.8 Å². The van der Waals surface area contributed by atoms with Crippen LogP contribution >= 0.6 is 0 Å². The van der Waals surface area contributed by atoms with E-state index in [0.29, 0.717) is 0 Å². The first kappa shape index (κ1) is 12.9. The van der Waals surface area contributed by atoms with Crippen LogP contribution in [-0.4, -0.2) is 36.1 Å². The maximum atomic E-state index is 3.77. The van der Waals surface area contributed by atoms with Gasteiger partial charge in [0.05, 0.1) is 0 Å². The topological polar surface area (TPSA) is 15.3 Å². The van der Waals surface area contributed by atoms with E-state index in [1.54, 1.807) is 0 Å². The first-order valence-corrected chi connectivity index (χ1v) is 8.11. The molecular formula is C16H30N2. The standard InChI is InChI=1S/C16H30N2/c1-11-4-7-16(12(2)8-11)18(3)15-9-13-5-6-14(10-15)17-13/h11-17H,4-10H2,1-3H3. The fourth-order valence-corrected chi connectivity index (χ4v) is 4.88. The van der Waals surface area contributed by atoms with E-state index in [0.717, 1.165) is 36.0 Å². The van der Waals surface area contributed by atoms with Gasteiger partial charge in [-0.25, -0.2) is 0 Å². The van der Waals surface area contributed by atoms with E-state index in [1.807, 2.05) is 0 Å². The second-order valence-electron chi connectivity index (χ2n) is 7.39. The summed E-state index contributed by atoms with van der Waals surface area (Å²) >= 11 is 0. The Bertz CT molecular complexity index is 279. The van der Waals surface area contributed by atoms with Crippen LogP contribution in [0.2, 0.25) is 0 Å². The lowest BCUT2D eigenvalue weighted by Crippen LogP contribution is -2.52. The van der Waals surface area contributed by atoms with Crippen molar-refractivity contribution >= 4 is 0 Å². The average molecular weight is 250 g/mol. The van der Waals surface area contributed by atoms with E-state index in [-0.39, 0.29) is 0 Å². The van der Waals surface area contributed by atoms with E-state index in [1.165, 1.54) is 44.9 Å². The van der Waals surface area contributed by atoms with Crippen molar-refractivity contribution in [2.45, 2.75) is 83.0 Å². The highest BCUT2D eigenvalue weighted by Crippen LogP contribution is 2.36. The van der Waals surface area contributed by atoms with Crippen LogP contribution < -0.4 is 5.32 Å². The van der Waals surface area contributed by atoms with Crippen LogP contribution in [0.25, 0.3) is 0 Å². The van der Waals surface area contributed by atoms with Gasteiger partial charge in [-0.2, -0.15) is 0 Å². The zero-order valence-corrected chi connectivity index (χ0v) is 12.4. The monoisotopic (exact) mass is 250 g/mol. The Morgan fingerprint density at radius 2 is 1.56 bits per heavy atom. The lowest BCUT2D eigenvalue weighted by Gasteiger charge is -2.45. The molecule has 2 heteroatoms. The molecule has 104 valence electrons. The zero-order valence-electron chi connectivity index (χ0n) is 12.4. The Kier molecular flexibility index (Phi) is 3.68. The van der Waals surface area contributed by atoms with E-state index < -0.39 is 0 Å². The van der Waals surface area contributed by atoms with Crippen molar-refractivity contribution in [1.82, 2.24) is 10.2 Å². The van der Waals surface area contributed by atoms with Gasteiger partial charge >= 0.3 is 0 Å². The predicted octanol–water partition coefficient (Wildman–Crippen LogP) is 3.03. The summed E-state index contributed by atoms with van der Waals surface area (Å²) in [7, 11) is 2.41. The minimum atomic E-state index is 0.828. The Labute approximate surface area is 113 Å². The second kappa shape index (κ2) is 5.13. The summed E-state index contributed by atoms with van der Waals surface area (Å²) in [4.78, 5) is 2.77. The quantitative estimate of drug-likeness (QED) is 0.810. The number of fused-ring (bicyclic) bond motifs is 2. The van der Waals surface area contributed by atoms with Gasteiger partial charge in [0, 0.05) is 24.2 Å². The summed E-state index contributed by atoms with van der Waals surface area (Å²) in [5, 5.41) is 3.77. The summed E-state index contributed by atoms with van der Waals surface area (Å²) in [6.45, 7) is 4.91. The molecule has 18 heavy (non-hydrogen) atoms. The summed E-state index contributed by atoms with van der Waals surface area (Å²) in [6.07, 6.45) is 9.94. The van der Waals surface area contributed by atoms with Crippen molar-refractivity contribution < 1.29 is 0 Å². The highest BCUT2D eigenvalue weighted by atomic mass is 15.2. The number of hydrogen-bond donors (Lipinski definition) is 1. The Hall–Kier alpha value is -0.0800. The molecule has 1 N–H and O–H groups in total. The largest absolute Gasteiger partial charge is 0.311 e. The van der Waals surface area contributed by atoms with Crippen LogP contribution in [-0.2, 0) is 0 Å². The van der Waals surface area contributed by atoms with Crippen LogP contribution in [0, 0.1) is 11.8 Å². The number of piperidine rings is 1. The molecule has 2 nitrogen and oxygen atoms in total. The molecule has 5 unspecified atom stereocenters. The normalized spacial score (nSPS) is 48.7. The van der Waals surface area contributed by atoms with Crippen molar-refractivity contribution in [2.24, 2.45) is 11.8 Å². The van der Waals surface area contributed by atoms with Crippen molar-refractivity contribution in [3.63, 3.8) is 0 Å². The van der Waals surface area contributed by atoms with Gasteiger partial charge in [-0.3, -0.25) is 0 Å². The fourth-order valence-electron chi connectivity index (χ4n) is 4.88. The van der Waals surface area contributed by atoms with Gasteiger partial charge < -0.3 is 10.2 Å². The molecule has 0 aromatic rings. The number of nitrogens with one attached hydrogen (secondary N) is 1. The van der Waals surface area contributed by atoms with Gasteiger partial charge in [0.1, 0.15) is 0 Å². The molecule has 1 saturated carbocycles. The minimum absolute atomic E-state index is 0.828. The predicted molar refractivity (Wildman–Crippen MR) is 76.7 cm³/mol. The van der Waals surface area contributed by atoms with Crippen LogP contribution in [0.4, 0.5) is 0 Å². The molecule has 1 aliphatic carbocycles. The minimum Gasteiger partial charge on any atom is -0.311 e. The fraction of sp³-hybridized carbons (Fsp3) is 1.00. The molecule has 2 saturated heterocycles. The molecule has 2 heterocycles. The first-order chi connectivity index (χ1) is 8.63. The highest BCUT2D eigenvalue weighted by molar-refractivity contribution is 4.97. The third-order valence-electron chi connectivity index (χ3n) is 5.93. The molecule has 3 aliphatic rings. The molecule has 2 bridgehead atoms. The van der Waals surface area contributed by atoms with Crippen molar-refractivity contribution in [3.05, 3.63) is 0 Å². The third-order valence-corrected chi connectivity index (χ3v) is 5.93. The Balaban J connectivity index is 1.61. The van der Waals surface area contributed by atoms with E-state index >= 15 is 0 Å². The second-order valence-corrected chi connectivity index (χ2v) is 7.39. The maximum Gasteiger partial charge on any atom is 0.0125 e. The molecule has 2 aliphatic heterocycles. The van der Waals surface area contributed by atoms with Crippen molar-refractivity contribution in [1.29, 1.82) is 0 Å². The Morgan fingerprint density at radius 3 is 2.17 bits per heavy atom. The highest BCUT2D eigenvalue weighted by Gasteiger charge is 2.38. The lowest BCUT2D eigenvalue weighted by atomic mass is 9.78. The molecule has 0 radical (unpaired) electrons. The van der Waals surface area contributed by atoms with E-state index in [2.05, 4.69) is 31.1 Å². The molecule has 3 fully saturated rings. The van der Waals surface area contributed by atoms with E-state index in [9.17, 15) is 0 Å². The smallest absolute Gasteiger partial charge is 0.0125 e. The molecule has 0 aromatic carbocycles. The van der Waals surface area contributed by atoms with E-state index in [4.69, 9.17) is 0 Å². The summed E-state index contributed by atoms with van der Waals surface area (Å²) in [6, 6.07) is 3.36. The average Bonchev–Trinajstić information content (AvgIpc) is 2.67. The molecule has 3 rings (SSSR count). The summed E-state index contributed by atoms with van der Waals surface area (Å²) in [5.74, 6) is 1.85. The Morgan fingerprint density at radius 1 is 0.889 bits per heavy atom. The van der Waals surface area contributed by atoms with Crippen molar-refractivity contribution in [3.8, 4) is 0 Å². The summed E-state index contributed by atoms with van der Waals surface area (Å²) in [5.41, 5.74) is 0. The molecule has 0 amide bonds. The third kappa shape index (κ3) is 2.46. The van der Waals surface area contributed by atoms with Gasteiger partial charge in [-0.15, -0.1) is 0 Å². The zero-order chi connectivity index (χ0) is 12.7. The number of hydrogen-bond acceptors (Lipinski definition) is 2. The molecule has 0 spiro atoms. The van der Waals surface area contributed by atoms with Crippen molar-refractivity contribution in [2.75, 3.05) is 7.05 Å². The molecular weight excluding hydrogens is 220 g/mol. The van der Waals surface area contributed by atoms with Gasteiger partial charge in [0.15, 0.2) is 0 Å². The number of rotatable bonds is 2. The van der Waals surface area contributed by atoms with Gasteiger partial charge in [-0.05, 0) is 63.8 Å². The van der Waals surface area contributed by atoms with Gasteiger partial charge in [0.25, 0.3) is 0 Å². The van der Waals surface area contributed by atoms with Crippen LogP contribution in [0.5, 0.6) is 0 Å². The first-order valence-electron chi connectivity index (χ1n) is 8.11. The molecule has 0 aromatic heterocycles. The lowest BCUT2D eigenvalue weighted by molar-refractivity contribution is 0.0582. The maximum absolute atomic E-state index is 3.77. The van der Waals surface area contributed by atoms with Crippen LogP contribution in [0.3, 0.4) is 0 Å². The number of nitrogens with zero attached hydrogens (tertiary/aromatic N) is 1. The molecule has 5 atom stereocenters. The SMILES string of the molecule is CC1CCC(N(C)C2CC3CCC(C2)N3)C(C)C1.